The molecule has 0 saturated heterocycles. The molecule has 0 saturated carbocycles. The van der Waals surface area contributed by atoms with Crippen molar-refractivity contribution in [3.8, 4) is 0 Å². The zero-order chi connectivity index (χ0) is 4.83. The van der Waals surface area contributed by atoms with Crippen molar-refractivity contribution < 1.29 is 0 Å². The van der Waals surface area contributed by atoms with Gasteiger partial charge in [0.1, 0.15) is 0 Å². The minimum Gasteiger partial charge on any atom is -0.0971 e. The molecule has 0 N–H and O–H groups in total. The molecular weight excluding hydrogens is 70.9 g/mol. The van der Waals surface area contributed by atoms with Gasteiger partial charge in [0.05, 0.1) is 7.85 Å². The molecule has 0 aromatic carbocycles. The second-order valence-electron chi connectivity index (χ2n) is 1.12. The van der Waals surface area contributed by atoms with Crippen LogP contribution in [0.4, 0.5) is 0 Å². The molecule has 0 heterocycles. The van der Waals surface area contributed by atoms with Crippen LogP contribution in [0.1, 0.15) is 13.3 Å². The Balaban J connectivity index is 2.73. The van der Waals surface area contributed by atoms with E-state index in [4.69, 9.17) is 7.85 Å². The van der Waals surface area contributed by atoms with Crippen LogP contribution in [-0.4, -0.2) is 7.85 Å². The number of hydrogen-bond donors (Lipinski definition) is 0. The van der Waals surface area contributed by atoms with Gasteiger partial charge in [0.15, 0.2) is 0 Å². The molecule has 0 aliphatic heterocycles. The molecule has 0 aromatic heterocycles. The average Bonchev–Trinajstić information content (AvgIpc) is 1.61. The zero-order valence-corrected chi connectivity index (χ0v) is 4.15. The van der Waals surface area contributed by atoms with E-state index in [2.05, 4.69) is 13.0 Å². The average molecular weight is 79.9 g/mol. The number of rotatable bonds is 2. The highest BCUT2D eigenvalue weighted by Gasteiger charge is 1.60. The van der Waals surface area contributed by atoms with E-state index in [0.29, 0.717) is 6.32 Å². The summed E-state index contributed by atoms with van der Waals surface area (Å²) in [7, 11) is 5.13. The lowest BCUT2D eigenvalue weighted by Gasteiger charge is -1.72. The third kappa shape index (κ3) is 3.80. The molecule has 1 heteroatoms. The second kappa shape index (κ2) is 4.80. The fourth-order valence-corrected chi connectivity index (χ4v) is 0.263. The molecule has 2 radical (unpaired) electrons. The normalized spacial score (nSPS) is 10.2. The summed E-state index contributed by atoms with van der Waals surface area (Å²) in [5, 5.41) is 0. The van der Waals surface area contributed by atoms with Gasteiger partial charge in [-0.2, -0.15) is 0 Å². The van der Waals surface area contributed by atoms with Crippen molar-refractivity contribution in [3.63, 3.8) is 0 Å². The zero-order valence-electron chi connectivity index (χ0n) is 4.15. The lowest BCUT2D eigenvalue weighted by Crippen LogP contribution is -1.55. The van der Waals surface area contributed by atoms with Gasteiger partial charge in [-0.05, 0) is 6.42 Å². The summed E-state index contributed by atoms with van der Waals surface area (Å²) >= 11 is 0. The first-order chi connectivity index (χ1) is 2.91. The van der Waals surface area contributed by atoms with Crippen LogP contribution in [-0.2, 0) is 0 Å². The summed E-state index contributed by atoms with van der Waals surface area (Å²) in [4.78, 5) is 0. The van der Waals surface area contributed by atoms with E-state index in [0.717, 1.165) is 6.42 Å². The molecule has 0 atom stereocenters. The van der Waals surface area contributed by atoms with Crippen LogP contribution < -0.4 is 0 Å². The van der Waals surface area contributed by atoms with Crippen molar-refractivity contribution in [2.75, 3.05) is 0 Å². The lowest BCUT2D eigenvalue weighted by molar-refractivity contribution is 1.22. The molecule has 0 amide bonds. The van der Waals surface area contributed by atoms with E-state index < -0.39 is 0 Å². The molecular formula is C5H9B. The van der Waals surface area contributed by atoms with Gasteiger partial charge < -0.3 is 0 Å². The summed E-state index contributed by atoms with van der Waals surface area (Å²) in [6.07, 6.45) is 5.78. The highest BCUT2D eigenvalue weighted by molar-refractivity contribution is 6.09. The van der Waals surface area contributed by atoms with Crippen molar-refractivity contribution >= 4 is 7.85 Å². The van der Waals surface area contributed by atoms with E-state index in [1.807, 2.05) is 6.08 Å². The Morgan fingerprint density at radius 3 is 2.33 bits per heavy atom. The summed E-state index contributed by atoms with van der Waals surface area (Å²) in [5.41, 5.74) is 0. The van der Waals surface area contributed by atoms with E-state index >= 15 is 0 Å². The molecule has 32 valence electrons. The lowest BCUT2D eigenvalue weighted by atomic mass is 10.1. The first-order valence-electron chi connectivity index (χ1n) is 2.27. The van der Waals surface area contributed by atoms with E-state index in [1.165, 1.54) is 0 Å². The van der Waals surface area contributed by atoms with Crippen molar-refractivity contribution in [2.24, 2.45) is 0 Å². The van der Waals surface area contributed by atoms with Gasteiger partial charge in [0.25, 0.3) is 0 Å². The molecule has 0 unspecified atom stereocenters. The van der Waals surface area contributed by atoms with Crippen LogP contribution in [0.15, 0.2) is 12.2 Å². The first kappa shape index (κ1) is 5.80. The minimum absolute atomic E-state index is 0.674. The highest BCUT2D eigenvalue weighted by Crippen LogP contribution is 1.79. The van der Waals surface area contributed by atoms with Crippen LogP contribution >= 0.6 is 0 Å². The molecule has 0 fully saturated rings. The predicted octanol–water partition coefficient (Wildman–Crippen LogP) is 1.54. The maximum Gasteiger partial charge on any atom is 0.0708 e. The molecule has 0 aliphatic rings. The minimum atomic E-state index is 0.674. The summed E-state index contributed by atoms with van der Waals surface area (Å²) in [6.45, 7) is 2.09. The SMILES string of the molecule is [B]C/C=C/CC. The molecule has 0 aliphatic carbocycles. The van der Waals surface area contributed by atoms with Gasteiger partial charge in [-0.3, -0.25) is 0 Å². The Kier molecular flexibility index (Phi) is 4.65. The summed E-state index contributed by atoms with van der Waals surface area (Å²) in [6, 6.07) is 0. The Morgan fingerprint density at radius 1 is 1.50 bits per heavy atom. The van der Waals surface area contributed by atoms with Gasteiger partial charge in [-0.15, -0.1) is 0 Å². The topological polar surface area (TPSA) is 0 Å². The van der Waals surface area contributed by atoms with Crippen molar-refractivity contribution in [2.45, 2.75) is 19.7 Å². The standard InChI is InChI=1S/C5H9B/c1-2-3-4-5-6/h3-4H,2,5H2,1H3/b4-3+. The van der Waals surface area contributed by atoms with E-state index in [9.17, 15) is 0 Å². The molecule has 0 aromatic rings. The van der Waals surface area contributed by atoms with Gasteiger partial charge in [-0.25, -0.2) is 0 Å². The molecule has 6 heavy (non-hydrogen) atoms. The van der Waals surface area contributed by atoms with Crippen LogP contribution in [0.25, 0.3) is 0 Å². The van der Waals surface area contributed by atoms with Crippen molar-refractivity contribution in [1.29, 1.82) is 0 Å². The van der Waals surface area contributed by atoms with E-state index in [-0.39, 0.29) is 0 Å². The van der Waals surface area contributed by atoms with Gasteiger partial charge >= 0.3 is 0 Å². The van der Waals surface area contributed by atoms with Crippen molar-refractivity contribution in [3.05, 3.63) is 12.2 Å². The predicted molar refractivity (Wildman–Crippen MR) is 30.0 cm³/mol. The third-order valence-corrected chi connectivity index (χ3v) is 0.538. The second-order valence-corrected chi connectivity index (χ2v) is 1.12. The molecule has 0 bridgehead atoms. The maximum absolute atomic E-state index is 5.13. The summed E-state index contributed by atoms with van der Waals surface area (Å²) < 4.78 is 0. The Labute approximate surface area is 40.7 Å². The van der Waals surface area contributed by atoms with E-state index in [1.54, 1.807) is 0 Å². The number of allylic oxidation sites excluding steroid dienone is 2. The van der Waals surface area contributed by atoms with Crippen LogP contribution in [0.2, 0.25) is 6.32 Å². The largest absolute Gasteiger partial charge is 0.0971 e. The number of hydrogen-bond acceptors (Lipinski definition) is 0. The summed E-state index contributed by atoms with van der Waals surface area (Å²) in [5.74, 6) is 0. The van der Waals surface area contributed by atoms with Gasteiger partial charge in [0.2, 0.25) is 0 Å². The quantitative estimate of drug-likeness (QED) is 0.348. The monoisotopic (exact) mass is 80.1 g/mol. The maximum atomic E-state index is 5.13. The molecule has 0 rings (SSSR count). The fraction of sp³-hybridized carbons (Fsp3) is 0.600. The molecule has 0 spiro atoms. The third-order valence-electron chi connectivity index (χ3n) is 0.538. The van der Waals surface area contributed by atoms with Gasteiger partial charge in [-0.1, -0.05) is 25.4 Å². The Hall–Kier alpha value is -0.195. The fourth-order valence-electron chi connectivity index (χ4n) is 0.263. The first-order valence-corrected chi connectivity index (χ1v) is 2.27. The Bertz CT molecular complexity index is 33.2. The molecule has 0 nitrogen and oxygen atoms in total. The van der Waals surface area contributed by atoms with Crippen LogP contribution in [0, 0.1) is 0 Å². The van der Waals surface area contributed by atoms with Crippen molar-refractivity contribution in [1.82, 2.24) is 0 Å². The Morgan fingerprint density at radius 2 is 2.17 bits per heavy atom. The van der Waals surface area contributed by atoms with Gasteiger partial charge in [0, 0.05) is 0 Å². The highest BCUT2D eigenvalue weighted by atomic mass is 13.6. The van der Waals surface area contributed by atoms with Crippen LogP contribution in [0.5, 0.6) is 0 Å². The smallest absolute Gasteiger partial charge is 0.0708 e. The van der Waals surface area contributed by atoms with Crippen LogP contribution in [0.3, 0.4) is 0 Å².